The first kappa shape index (κ1) is 19.4. The first-order valence-electron chi connectivity index (χ1n) is 10.3. The number of piperidine rings is 1. The van der Waals surface area contributed by atoms with Crippen LogP contribution in [0.15, 0.2) is 45.9 Å². The Balaban J connectivity index is 1.54. The summed E-state index contributed by atoms with van der Waals surface area (Å²) in [4.78, 5) is 4.85. The van der Waals surface area contributed by atoms with E-state index in [-0.39, 0.29) is 22.9 Å². The van der Waals surface area contributed by atoms with Gasteiger partial charge in [-0.3, -0.25) is 4.68 Å². The van der Waals surface area contributed by atoms with Crippen LogP contribution < -0.4 is 0 Å². The Morgan fingerprint density at radius 2 is 1.93 bits per heavy atom. The van der Waals surface area contributed by atoms with Crippen molar-refractivity contribution >= 4 is 10.0 Å². The van der Waals surface area contributed by atoms with Crippen LogP contribution in [0.1, 0.15) is 56.8 Å². The summed E-state index contributed by atoms with van der Waals surface area (Å²) >= 11 is 0. The Kier molecular flexibility index (Phi) is 4.55. The minimum Gasteiger partial charge on any atom is -0.337 e. The molecule has 3 atom stereocenters. The molecule has 30 heavy (non-hydrogen) atoms. The topological polar surface area (TPSA) is 94.1 Å². The third-order valence-electron chi connectivity index (χ3n) is 6.21. The molecule has 0 amide bonds. The van der Waals surface area contributed by atoms with Crippen molar-refractivity contribution in [1.29, 1.82) is 0 Å². The van der Waals surface area contributed by atoms with Crippen LogP contribution in [0.3, 0.4) is 0 Å². The van der Waals surface area contributed by atoms with Gasteiger partial charge < -0.3 is 4.52 Å². The number of rotatable bonds is 5. The van der Waals surface area contributed by atoms with Gasteiger partial charge in [-0.05, 0) is 46.0 Å². The molecule has 8 nitrogen and oxygen atoms in total. The number of hydrogen-bond donors (Lipinski definition) is 0. The van der Waals surface area contributed by atoms with Crippen LogP contribution in [-0.2, 0) is 10.0 Å². The number of benzene rings is 1. The van der Waals surface area contributed by atoms with Crippen LogP contribution in [-0.4, -0.2) is 38.7 Å². The first-order valence-corrected chi connectivity index (χ1v) is 11.8. The summed E-state index contributed by atoms with van der Waals surface area (Å²) < 4.78 is 36.4. The number of sulfonamides is 1. The fourth-order valence-electron chi connectivity index (χ4n) is 4.76. The summed E-state index contributed by atoms with van der Waals surface area (Å²) in [5.41, 5.74) is 1.36. The monoisotopic (exact) mass is 427 g/mol. The second kappa shape index (κ2) is 7.02. The molecule has 158 valence electrons. The average molecular weight is 428 g/mol. The molecular weight excluding hydrogens is 402 g/mol. The van der Waals surface area contributed by atoms with Gasteiger partial charge >= 0.3 is 0 Å². The molecular formula is C21H25N5O3S. The van der Waals surface area contributed by atoms with Crippen LogP contribution >= 0.6 is 0 Å². The van der Waals surface area contributed by atoms with Crippen molar-refractivity contribution < 1.29 is 12.9 Å². The zero-order valence-corrected chi connectivity index (χ0v) is 18.1. The van der Waals surface area contributed by atoms with Crippen LogP contribution in [0, 0.1) is 12.8 Å². The average Bonchev–Trinajstić information content (AvgIpc) is 3.50. The van der Waals surface area contributed by atoms with Crippen LogP contribution in [0.2, 0.25) is 0 Å². The van der Waals surface area contributed by atoms with Gasteiger partial charge in [0.15, 0.2) is 0 Å². The first-order chi connectivity index (χ1) is 14.4. The summed E-state index contributed by atoms with van der Waals surface area (Å²) in [6, 6.07) is 9.18. The van der Waals surface area contributed by atoms with Crippen molar-refractivity contribution in [2.75, 3.05) is 0 Å². The molecule has 2 unspecified atom stereocenters. The molecule has 9 heteroatoms. The molecule has 0 N–H and O–H groups in total. The number of aromatic nitrogens is 4. The molecule has 0 radical (unpaired) electrons. The summed E-state index contributed by atoms with van der Waals surface area (Å²) in [5.74, 6) is 1.04. The van der Waals surface area contributed by atoms with Crippen molar-refractivity contribution in [3.05, 3.63) is 48.1 Å². The van der Waals surface area contributed by atoms with Crippen LogP contribution in [0.4, 0.5) is 0 Å². The molecule has 3 heterocycles. The van der Waals surface area contributed by atoms with Crippen molar-refractivity contribution in [2.45, 2.75) is 63.1 Å². The maximum atomic E-state index is 13.7. The molecule has 1 saturated heterocycles. The van der Waals surface area contributed by atoms with Gasteiger partial charge in [-0.1, -0.05) is 35.5 Å². The molecule has 2 aromatic heterocycles. The van der Waals surface area contributed by atoms with E-state index in [1.54, 1.807) is 22.1 Å². The van der Waals surface area contributed by atoms with Gasteiger partial charge in [-0.2, -0.15) is 14.4 Å². The van der Waals surface area contributed by atoms with Crippen molar-refractivity contribution in [3.8, 4) is 11.4 Å². The maximum absolute atomic E-state index is 13.7. The Morgan fingerprint density at radius 1 is 1.17 bits per heavy atom. The van der Waals surface area contributed by atoms with Gasteiger partial charge in [0.1, 0.15) is 10.9 Å². The summed E-state index contributed by atoms with van der Waals surface area (Å²) in [6.45, 7) is 5.70. The lowest BCUT2D eigenvalue weighted by Gasteiger charge is -2.31. The van der Waals surface area contributed by atoms with Crippen molar-refractivity contribution in [2.24, 2.45) is 5.92 Å². The van der Waals surface area contributed by atoms with Gasteiger partial charge in [-0.15, -0.1) is 0 Å². The van der Waals surface area contributed by atoms with E-state index in [9.17, 15) is 8.42 Å². The smallest absolute Gasteiger partial charge is 0.247 e. The highest BCUT2D eigenvalue weighted by atomic mass is 32.2. The second-order valence-electron chi connectivity index (χ2n) is 8.48. The minimum absolute atomic E-state index is 0.0427. The maximum Gasteiger partial charge on any atom is 0.247 e. The molecule has 2 aliphatic rings. The molecule has 2 bridgehead atoms. The van der Waals surface area contributed by atoms with E-state index in [0.717, 1.165) is 24.8 Å². The highest BCUT2D eigenvalue weighted by molar-refractivity contribution is 7.89. The Morgan fingerprint density at radius 3 is 2.63 bits per heavy atom. The molecule has 1 aliphatic heterocycles. The molecule has 1 aliphatic carbocycles. The van der Waals surface area contributed by atoms with Crippen LogP contribution in [0.5, 0.6) is 0 Å². The third-order valence-corrected chi connectivity index (χ3v) is 8.25. The quantitative estimate of drug-likeness (QED) is 0.616. The number of aryl methyl sites for hydroxylation is 1. The van der Waals surface area contributed by atoms with E-state index in [2.05, 4.69) is 15.2 Å². The van der Waals surface area contributed by atoms with E-state index < -0.39 is 16.1 Å². The molecule has 5 rings (SSSR count). The lowest BCUT2D eigenvalue weighted by atomic mass is 10.00. The van der Waals surface area contributed by atoms with E-state index >= 15 is 0 Å². The van der Waals surface area contributed by atoms with Gasteiger partial charge in [0.25, 0.3) is 0 Å². The zero-order valence-electron chi connectivity index (χ0n) is 17.3. The molecule has 3 aromatic rings. The lowest BCUT2D eigenvalue weighted by molar-refractivity contribution is 0.197. The van der Waals surface area contributed by atoms with Gasteiger partial charge in [0.05, 0.1) is 5.69 Å². The summed E-state index contributed by atoms with van der Waals surface area (Å²) in [6.07, 6.45) is 4.29. The van der Waals surface area contributed by atoms with E-state index in [1.807, 2.05) is 44.2 Å². The number of hydrogen-bond acceptors (Lipinski definition) is 6. The highest BCUT2D eigenvalue weighted by Crippen LogP contribution is 2.52. The SMILES string of the molecule is Cc1nn(C(C)C)cc1S(=O)(=O)N1C2CCC(C2)[C@H]1c1nc(-c2ccccc2)no1. The van der Waals surface area contributed by atoms with Gasteiger partial charge in [0.2, 0.25) is 21.7 Å². The molecule has 1 saturated carbocycles. The number of nitrogens with zero attached hydrogens (tertiary/aromatic N) is 5. The Labute approximate surface area is 175 Å². The largest absolute Gasteiger partial charge is 0.337 e. The Bertz CT molecular complexity index is 1170. The third kappa shape index (κ3) is 2.99. The molecule has 2 fully saturated rings. The zero-order chi connectivity index (χ0) is 21.0. The predicted molar refractivity (Wildman–Crippen MR) is 110 cm³/mol. The standard InChI is InChI=1S/C21H25N5O3S/c1-13(2)25-12-18(14(3)23-25)30(27,28)26-17-10-9-16(11-17)19(26)21-22-20(24-29-21)15-7-5-4-6-8-15/h4-8,12-13,16-17,19H,9-11H2,1-3H3/t16?,17?,19-/m0/s1. The fraction of sp³-hybridized carbons (Fsp3) is 0.476. The fourth-order valence-corrected chi connectivity index (χ4v) is 6.78. The second-order valence-corrected chi connectivity index (χ2v) is 10.3. The highest BCUT2D eigenvalue weighted by Gasteiger charge is 2.54. The Hall–Kier alpha value is -2.52. The predicted octanol–water partition coefficient (Wildman–Crippen LogP) is 3.74. The van der Waals surface area contributed by atoms with Crippen molar-refractivity contribution in [1.82, 2.24) is 24.2 Å². The summed E-state index contributed by atoms with van der Waals surface area (Å²) in [5, 5.41) is 8.54. The van der Waals surface area contributed by atoms with E-state index in [1.165, 1.54) is 0 Å². The lowest BCUT2D eigenvalue weighted by Crippen LogP contribution is -2.40. The molecule has 0 spiro atoms. The van der Waals surface area contributed by atoms with E-state index in [4.69, 9.17) is 4.52 Å². The number of fused-ring (bicyclic) bond motifs is 2. The summed E-state index contributed by atoms with van der Waals surface area (Å²) in [7, 11) is -3.74. The van der Waals surface area contributed by atoms with Crippen molar-refractivity contribution in [3.63, 3.8) is 0 Å². The van der Waals surface area contributed by atoms with Crippen LogP contribution in [0.25, 0.3) is 11.4 Å². The molecule has 1 aromatic carbocycles. The van der Waals surface area contributed by atoms with Gasteiger partial charge in [-0.25, -0.2) is 8.42 Å². The van der Waals surface area contributed by atoms with E-state index in [0.29, 0.717) is 17.4 Å². The minimum atomic E-state index is -3.74. The normalized spacial score (nSPS) is 24.2. The van der Waals surface area contributed by atoms with Gasteiger partial charge in [0, 0.05) is 23.8 Å².